The average Bonchev–Trinajstić information content (AvgIpc) is 3.31. The van der Waals surface area contributed by atoms with Crippen LogP contribution in [-0.4, -0.2) is 47.8 Å². The second-order valence-electron chi connectivity index (χ2n) is 7.79. The van der Waals surface area contributed by atoms with Gasteiger partial charge < -0.3 is 9.64 Å². The first-order chi connectivity index (χ1) is 14.9. The van der Waals surface area contributed by atoms with Gasteiger partial charge in [0.2, 0.25) is 0 Å². The highest BCUT2D eigenvalue weighted by molar-refractivity contribution is 6.22. The molecule has 0 aromatic heterocycles. The molecule has 0 saturated heterocycles. The zero-order chi connectivity index (χ0) is 22.1. The van der Waals surface area contributed by atoms with Gasteiger partial charge in [0.25, 0.3) is 17.7 Å². The van der Waals surface area contributed by atoms with Crippen molar-refractivity contribution in [3.63, 3.8) is 0 Å². The van der Waals surface area contributed by atoms with Crippen LogP contribution in [0.15, 0.2) is 42.5 Å². The lowest BCUT2D eigenvalue weighted by molar-refractivity contribution is -0.126. The molecule has 0 radical (unpaired) electrons. The van der Waals surface area contributed by atoms with E-state index in [1.54, 1.807) is 4.90 Å². The largest absolute Gasteiger partial charge is 0.449 e. The number of carbonyl (C=O) groups excluding carboxylic acids is 4. The second-order valence-corrected chi connectivity index (χ2v) is 7.79. The minimum Gasteiger partial charge on any atom is -0.449 e. The molecule has 2 heterocycles. The summed E-state index contributed by atoms with van der Waals surface area (Å²) in [5.74, 6) is -1.75. The Labute approximate surface area is 180 Å². The fraction of sp³-hybridized carbons (Fsp3) is 0.333. The van der Waals surface area contributed by atoms with Crippen molar-refractivity contribution in [1.29, 1.82) is 0 Å². The van der Waals surface area contributed by atoms with Crippen molar-refractivity contribution in [2.75, 3.05) is 18.0 Å². The zero-order valence-electron chi connectivity index (χ0n) is 17.6. The summed E-state index contributed by atoms with van der Waals surface area (Å²) in [5.41, 5.74) is 2.55. The summed E-state index contributed by atoms with van der Waals surface area (Å²) in [4.78, 5) is 53.4. The van der Waals surface area contributed by atoms with Crippen molar-refractivity contribution < 1.29 is 23.9 Å². The van der Waals surface area contributed by atoms with Gasteiger partial charge in [0.05, 0.1) is 16.7 Å². The number of carbonyl (C=O) groups is 4. The number of rotatable bonds is 6. The van der Waals surface area contributed by atoms with E-state index in [2.05, 4.69) is 0 Å². The molecule has 2 aromatic carbocycles. The van der Waals surface area contributed by atoms with Gasteiger partial charge in [0, 0.05) is 18.8 Å². The summed E-state index contributed by atoms with van der Waals surface area (Å²) in [6.07, 6.45) is 1.36. The van der Waals surface area contributed by atoms with Gasteiger partial charge in [-0.25, -0.2) is 4.79 Å². The summed E-state index contributed by atoms with van der Waals surface area (Å²) in [6, 6.07) is 12.0. The van der Waals surface area contributed by atoms with E-state index in [1.165, 1.54) is 30.0 Å². The molecule has 0 aliphatic carbocycles. The van der Waals surface area contributed by atoms with Gasteiger partial charge in [-0.2, -0.15) is 0 Å². The first-order valence-corrected chi connectivity index (χ1v) is 10.5. The number of amides is 3. The van der Waals surface area contributed by atoms with Crippen LogP contribution in [0, 0.1) is 0 Å². The van der Waals surface area contributed by atoms with Gasteiger partial charge in [-0.15, -0.1) is 0 Å². The monoisotopic (exact) mass is 420 g/mol. The maximum Gasteiger partial charge on any atom is 0.338 e. The molecule has 0 saturated carbocycles. The molecular weight excluding hydrogens is 396 g/mol. The lowest BCUT2D eigenvalue weighted by atomic mass is 10.1. The number of fused-ring (bicyclic) bond motifs is 2. The van der Waals surface area contributed by atoms with Crippen molar-refractivity contribution in [3.8, 4) is 0 Å². The lowest BCUT2D eigenvalue weighted by Gasteiger charge is -2.21. The number of para-hydroxylation sites is 1. The van der Waals surface area contributed by atoms with Gasteiger partial charge >= 0.3 is 5.97 Å². The van der Waals surface area contributed by atoms with Crippen LogP contribution in [0.1, 0.15) is 63.3 Å². The number of anilines is 1. The Morgan fingerprint density at radius 1 is 1.06 bits per heavy atom. The molecule has 0 N–H and O–H groups in total. The molecule has 7 nitrogen and oxygen atoms in total. The number of ether oxygens (including phenoxy) is 1. The van der Waals surface area contributed by atoms with Crippen LogP contribution in [-0.2, 0) is 16.0 Å². The van der Waals surface area contributed by atoms with Crippen molar-refractivity contribution >= 4 is 29.4 Å². The molecule has 2 aromatic rings. The minimum absolute atomic E-state index is 0.138. The van der Waals surface area contributed by atoms with Gasteiger partial charge in [0.15, 0.2) is 6.10 Å². The molecule has 0 bridgehead atoms. The van der Waals surface area contributed by atoms with E-state index in [9.17, 15) is 19.2 Å². The molecule has 4 rings (SSSR count). The van der Waals surface area contributed by atoms with Gasteiger partial charge in [-0.05, 0) is 49.6 Å². The molecular formula is C24H24N2O5. The smallest absolute Gasteiger partial charge is 0.338 e. The van der Waals surface area contributed by atoms with Gasteiger partial charge in [-0.1, -0.05) is 31.5 Å². The van der Waals surface area contributed by atoms with E-state index in [1.807, 2.05) is 31.2 Å². The Hall–Kier alpha value is -3.48. The lowest BCUT2D eigenvalue weighted by Crippen LogP contribution is -2.39. The SMILES string of the molecule is CCCCN1C(=O)c2ccc(C(=O)OC(C)C(=O)N3CCc4ccccc43)cc2C1=O. The number of esters is 1. The molecule has 1 atom stereocenters. The molecule has 2 aliphatic heterocycles. The van der Waals surface area contributed by atoms with E-state index < -0.39 is 18.0 Å². The van der Waals surface area contributed by atoms with E-state index in [0.29, 0.717) is 13.1 Å². The Morgan fingerprint density at radius 2 is 1.81 bits per heavy atom. The van der Waals surface area contributed by atoms with Crippen LogP contribution < -0.4 is 4.90 Å². The summed E-state index contributed by atoms with van der Waals surface area (Å²) in [5, 5.41) is 0. The number of hydrogen-bond acceptors (Lipinski definition) is 5. The fourth-order valence-corrected chi connectivity index (χ4v) is 4.00. The Kier molecular flexibility index (Phi) is 5.59. The molecule has 3 amide bonds. The molecule has 7 heteroatoms. The van der Waals surface area contributed by atoms with Gasteiger partial charge in [-0.3, -0.25) is 19.3 Å². The van der Waals surface area contributed by atoms with E-state index in [-0.39, 0.29) is 28.5 Å². The maximum absolute atomic E-state index is 12.8. The van der Waals surface area contributed by atoms with Crippen molar-refractivity contribution in [1.82, 2.24) is 4.90 Å². The Bertz CT molecular complexity index is 1080. The molecule has 0 spiro atoms. The predicted molar refractivity (Wildman–Crippen MR) is 114 cm³/mol. The average molecular weight is 420 g/mol. The number of benzene rings is 2. The first-order valence-electron chi connectivity index (χ1n) is 10.5. The zero-order valence-corrected chi connectivity index (χ0v) is 17.6. The number of hydrogen-bond donors (Lipinski definition) is 0. The molecule has 2 aliphatic rings. The predicted octanol–water partition coefficient (Wildman–Crippen LogP) is 3.22. The van der Waals surface area contributed by atoms with Crippen LogP contribution in [0.25, 0.3) is 0 Å². The molecule has 1 unspecified atom stereocenters. The summed E-state index contributed by atoms with van der Waals surface area (Å²) in [6.45, 7) is 4.42. The highest BCUT2D eigenvalue weighted by Gasteiger charge is 2.36. The summed E-state index contributed by atoms with van der Waals surface area (Å²) < 4.78 is 5.40. The Balaban J connectivity index is 1.47. The third kappa shape index (κ3) is 3.71. The normalized spacial score (nSPS) is 15.7. The van der Waals surface area contributed by atoms with Gasteiger partial charge in [0.1, 0.15) is 0 Å². The third-order valence-corrected chi connectivity index (χ3v) is 5.73. The van der Waals surface area contributed by atoms with Crippen LogP contribution in [0.4, 0.5) is 5.69 Å². The van der Waals surface area contributed by atoms with E-state index >= 15 is 0 Å². The molecule has 0 fully saturated rings. The second kappa shape index (κ2) is 8.34. The highest BCUT2D eigenvalue weighted by Crippen LogP contribution is 2.29. The number of unbranched alkanes of at least 4 members (excludes halogenated alkanes) is 1. The fourth-order valence-electron chi connectivity index (χ4n) is 4.00. The first kappa shape index (κ1) is 20.8. The number of imide groups is 1. The van der Waals surface area contributed by atoms with Crippen molar-refractivity contribution in [2.45, 2.75) is 39.2 Å². The van der Waals surface area contributed by atoms with Crippen LogP contribution >= 0.6 is 0 Å². The van der Waals surface area contributed by atoms with Crippen molar-refractivity contribution in [3.05, 3.63) is 64.7 Å². The van der Waals surface area contributed by atoms with Crippen molar-refractivity contribution in [2.24, 2.45) is 0 Å². The summed E-state index contributed by atoms with van der Waals surface area (Å²) >= 11 is 0. The van der Waals surface area contributed by atoms with Crippen LogP contribution in [0.3, 0.4) is 0 Å². The van der Waals surface area contributed by atoms with Crippen LogP contribution in [0.5, 0.6) is 0 Å². The highest BCUT2D eigenvalue weighted by atomic mass is 16.5. The third-order valence-electron chi connectivity index (χ3n) is 5.73. The van der Waals surface area contributed by atoms with E-state index in [0.717, 1.165) is 30.5 Å². The number of nitrogens with zero attached hydrogens (tertiary/aromatic N) is 2. The summed E-state index contributed by atoms with van der Waals surface area (Å²) in [7, 11) is 0. The maximum atomic E-state index is 12.8. The Morgan fingerprint density at radius 3 is 2.58 bits per heavy atom. The topological polar surface area (TPSA) is 84.0 Å². The standard InChI is InChI=1S/C24H24N2O5/c1-3-4-12-26-22(28)18-10-9-17(14-19(18)23(26)29)24(30)31-15(2)21(27)25-13-11-16-7-5-6-8-20(16)25/h5-10,14-15H,3-4,11-13H2,1-2H3. The molecule has 31 heavy (non-hydrogen) atoms. The molecule has 160 valence electrons. The van der Waals surface area contributed by atoms with E-state index in [4.69, 9.17) is 4.74 Å². The quantitative estimate of drug-likeness (QED) is 0.529. The van der Waals surface area contributed by atoms with Crippen LogP contribution in [0.2, 0.25) is 0 Å². The minimum atomic E-state index is -0.981.